The van der Waals surface area contributed by atoms with Gasteiger partial charge in [-0.25, -0.2) is 4.79 Å². The Hall–Kier alpha value is -1.63. The van der Waals surface area contributed by atoms with Gasteiger partial charge in [0.2, 0.25) is 11.8 Å². The Morgan fingerprint density at radius 3 is 2.04 bits per heavy atom. The van der Waals surface area contributed by atoms with Gasteiger partial charge < -0.3 is 21.5 Å². The molecule has 1 aliphatic rings. The molecule has 1 aliphatic carbocycles. The molecule has 2 unspecified atom stereocenters. The van der Waals surface area contributed by atoms with Gasteiger partial charge in [-0.05, 0) is 43.4 Å². The van der Waals surface area contributed by atoms with Crippen molar-refractivity contribution in [3.8, 4) is 0 Å². The lowest BCUT2D eigenvalue weighted by Gasteiger charge is -2.29. The average Bonchev–Trinajstić information content (AvgIpc) is 2.56. The summed E-state index contributed by atoms with van der Waals surface area (Å²) in [6.45, 7) is 7.96. The van der Waals surface area contributed by atoms with E-state index in [1.807, 2.05) is 13.8 Å². The number of rotatable bonds is 8. The minimum atomic E-state index is -0.999. The predicted octanol–water partition coefficient (Wildman–Crippen LogP) is 1.12. The molecule has 7 heteroatoms. The maximum Gasteiger partial charge on any atom is 0.326 e. The van der Waals surface area contributed by atoms with E-state index in [1.54, 1.807) is 13.8 Å². The van der Waals surface area contributed by atoms with Gasteiger partial charge in [0.1, 0.15) is 6.04 Å². The van der Waals surface area contributed by atoms with E-state index in [0.29, 0.717) is 25.3 Å². The highest BCUT2D eigenvalue weighted by Gasteiger charge is 2.30. The third-order valence-corrected chi connectivity index (χ3v) is 5.03. The topological polar surface area (TPSA) is 122 Å². The van der Waals surface area contributed by atoms with E-state index in [2.05, 4.69) is 10.6 Å². The first-order chi connectivity index (χ1) is 11.6. The van der Waals surface area contributed by atoms with E-state index in [0.717, 1.165) is 12.8 Å². The highest BCUT2D eigenvalue weighted by molar-refractivity contribution is 5.85. The summed E-state index contributed by atoms with van der Waals surface area (Å²) >= 11 is 0. The number of carboxylic acids is 1. The molecule has 5 N–H and O–H groups in total. The molecule has 0 aromatic heterocycles. The summed E-state index contributed by atoms with van der Waals surface area (Å²) in [5.41, 5.74) is 5.82. The summed E-state index contributed by atoms with van der Waals surface area (Å²) in [6, 6.07) is -1.34. The van der Waals surface area contributed by atoms with Gasteiger partial charge in [-0.15, -0.1) is 0 Å². The van der Waals surface area contributed by atoms with Crippen LogP contribution in [0.3, 0.4) is 0 Å². The number of nitrogens with two attached hydrogens (primary N) is 1. The molecule has 0 spiro atoms. The third-order valence-electron chi connectivity index (χ3n) is 5.03. The van der Waals surface area contributed by atoms with Crippen molar-refractivity contribution in [3.05, 3.63) is 0 Å². The Balaban J connectivity index is 2.39. The molecule has 0 bridgehead atoms. The summed E-state index contributed by atoms with van der Waals surface area (Å²) in [7, 11) is 0. The number of aliphatic carboxylic acids is 1. The van der Waals surface area contributed by atoms with E-state index in [9.17, 15) is 19.5 Å². The normalized spacial score (nSPS) is 23.2. The van der Waals surface area contributed by atoms with Crippen LogP contribution in [-0.2, 0) is 14.4 Å². The Bertz CT molecular complexity index is 471. The fourth-order valence-corrected chi connectivity index (χ4v) is 3.08. The van der Waals surface area contributed by atoms with E-state index in [1.165, 1.54) is 0 Å². The van der Waals surface area contributed by atoms with Crippen LogP contribution in [0.5, 0.6) is 0 Å². The smallest absolute Gasteiger partial charge is 0.326 e. The van der Waals surface area contributed by atoms with Crippen LogP contribution >= 0.6 is 0 Å². The molecule has 1 rings (SSSR count). The van der Waals surface area contributed by atoms with Crippen molar-refractivity contribution in [3.63, 3.8) is 0 Å². The quantitative estimate of drug-likeness (QED) is 0.520. The molecule has 0 radical (unpaired) electrons. The molecule has 144 valence electrons. The van der Waals surface area contributed by atoms with Gasteiger partial charge in [0.15, 0.2) is 0 Å². The summed E-state index contributed by atoms with van der Waals surface area (Å²) in [4.78, 5) is 35.4. The standard InChI is InChI=1S/C18H33N3O4/c1-10(2)14(19)17(23)20-9-12-5-7-13(8-6-12)16(22)21-15(11(3)4)18(24)25/h10-15H,5-9,19H2,1-4H3,(H,20,23)(H,21,22)(H,24,25). The Labute approximate surface area is 150 Å². The van der Waals surface area contributed by atoms with Crippen LogP contribution in [0.25, 0.3) is 0 Å². The van der Waals surface area contributed by atoms with Gasteiger partial charge in [-0.3, -0.25) is 9.59 Å². The summed E-state index contributed by atoms with van der Waals surface area (Å²) in [5.74, 6) is -1.17. The van der Waals surface area contributed by atoms with Crippen molar-refractivity contribution in [2.24, 2.45) is 29.4 Å². The van der Waals surface area contributed by atoms with Crippen molar-refractivity contribution in [1.82, 2.24) is 10.6 Å². The van der Waals surface area contributed by atoms with Crippen molar-refractivity contribution < 1.29 is 19.5 Å². The first kappa shape index (κ1) is 21.4. The summed E-state index contributed by atoms with van der Waals surface area (Å²) < 4.78 is 0. The van der Waals surface area contributed by atoms with Gasteiger partial charge >= 0.3 is 5.97 Å². The maximum atomic E-state index is 12.3. The van der Waals surface area contributed by atoms with E-state index >= 15 is 0 Å². The molecule has 0 heterocycles. The molecule has 1 fully saturated rings. The molecule has 25 heavy (non-hydrogen) atoms. The van der Waals surface area contributed by atoms with Crippen molar-refractivity contribution >= 4 is 17.8 Å². The minimum Gasteiger partial charge on any atom is -0.480 e. The zero-order valence-corrected chi connectivity index (χ0v) is 15.7. The molecule has 0 aliphatic heterocycles. The summed E-state index contributed by atoms with van der Waals surface area (Å²) in [5, 5.41) is 14.7. The number of amides is 2. The van der Waals surface area contributed by atoms with Crippen LogP contribution < -0.4 is 16.4 Å². The predicted molar refractivity (Wildman–Crippen MR) is 95.7 cm³/mol. The number of nitrogens with one attached hydrogen (secondary N) is 2. The van der Waals surface area contributed by atoms with Crippen molar-refractivity contribution in [1.29, 1.82) is 0 Å². The molecule has 7 nitrogen and oxygen atoms in total. The lowest BCUT2D eigenvalue weighted by atomic mass is 9.81. The van der Waals surface area contributed by atoms with Crippen LogP contribution in [0.2, 0.25) is 0 Å². The Morgan fingerprint density at radius 2 is 1.60 bits per heavy atom. The second-order valence-electron chi connectivity index (χ2n) is 7.80. The average molecular weight is 355 g/mol. The second kappa shape index (κ2) is 9.75. The highest BCUT2D eigenvalue weighted by Crippen LogP contribution is 2.28. The molecule has 0 aromatic carbocycles. The van der Waals surface area contributed by atoms with Crippen molar-refractivity contribution in [2.45, 2.75) is 65.5 Å². The Morgan fingerprint density at radius 1 is 1.04 bits per heavy atom. The van der Waals surface area contributed by atoms with Crippen LogP contribution in [0, 0.1) is 23.7 Å². The molecule has 0 saturated heterocycles. The van der Waals surface area contributed by atoms with E-state index in [4.69, 9.17) is 5.73 Å². The molecule has 0 aromatic rings. The zero-order valence-electron chi connectivity index (χ0n) is 15.7. The first-order valence-electron chi connectivity index (χ1n) is 9.19. The van der Waals surface area contributed by atoms with Crippen molar-refractivity contribution in [2.75, 3.05) is 6.54 Å². The number of carbonyl (C=O) groups excluding carboxylic acids is 2. The van der Waals surface area contributed by atoms with Gasteiger partial charge in [-0.1, -0.05) is 27.7 Å². The summed E-state index contributed by atoms with van der Waals surface area (Å²) in [6.07, 6.45) is 3.11. The molecular weight excluding hydrogens is 322 g/mol. The maximum absolute atomic E-state index is 12.3. The fourth-order valence-electron chi connectivity index (χ4n) is 3.08. The number of carbonyl (C=O) groups is 3. The van der Waals surface area contributed by atoms with Gasteiger partial charge in [0.25, 0.3) is 0 Å². The zero-order chi connectivity index (χ0) is 19.1. The molecule has 2 atom stereocenters. The van der Waals surface area contributed by atoms with Gasteiger partial charge in [0.05, 0.1) is 6.04 Å². The van der Waals surface area contributed by atoms with E-state index in [-0.39, 0.29) is 29.6 Å². The largest absolute Gasteiger partial charge is 0.480 e. The lowest BCUT2D eigenvalue weighted by Crippen LogP contribution is -2.48. The van der Waals surface area contributed by atoms with Crippen LogP contribution in [0.4, 0.5) is 0 Å². The molecule has 1 saturated carbocycles. The minimum absolute atomic E-state index is 0.0996. The monoisotopic (exact) mass is 355 g/mol. The van der Waals surface area contributed by atoms with Gasteiger partial charge in [0, 0.05) is 12.5 Å². The number of hydrogen-bond donors (Lipinski definition) is 4. The second-order valence-corrected chi connectivity index (χ2v) is 7.80. The van der Waals surface area contributed by atoms with Crippen LogP contribution in [-0.4, -0.2) is 41.5 Å². The fraction of sp³-hybridized carbons (Fsp3) is 0.833. The first-order valence-corrected chi connectivity index (χ1v) is 9.19. The molecule has 2 amide bonds. The van der Waals surface area contributed by atoms with Crippen LogP contribution in [0.1, 0.15) is 53.4 Å². The number of carboxylic acid groups (broad SMARTS) is 1. The van der Waals surface area contributed by atoms with E-state index < -0.39 is 18.1 Å². The Kier molecular flexibility index (Phi) is 8.35. The number of hydrogen-bond acceptors (Lipinski definition) is 4. The highest BCUT2D eigenvalue weighted by atomic mass is 16.4. The van der Waals surface area contributed by atoms with Crippen LogP contribution in [0.15, 0.2) is 0 Å². The third kappa shape index (κ3) is 6.65. The lowest BCUT2D eigenvalue weighted by molar-refractivity contribution is -0.144. The molecular formula is C18H33N3O4. The SMILES string of the molecule is CC(C)C(N)C(=O)NCC1CCC(C(=O)NC(C(=O)O)C(C)C)CC1. The van der Waals surface area contributed by atoms with Gasteiger partial charge in [-0.2, -0.15) is 0 Å².